The van der Waals surface area contributed by atoms with Crippen molar-refractivity contribution in [3.8, 4) is 0 Å². The molecule has 19 heteroatoms. The molecule has 17 nitrogen and oxygen atoms in total. The molecule has 0 bridgehead atoms. The van der Waals surface area contributed by atoms with Gasteiger partial charge in [0.05, 0.1) is 11.0 Å². The molecule has 1 aromatic heterocycles. The maximum absolute atomic E-state index is 14.6. The van der Waals surface area contributed by atoms with E-state index in [0.29, 0.717) is 93.3 Å². The van der Waals surface area contributed by atoms with E-state index >= 15 is 0 Å². The highest BCUT2D eigenvalue weighted by molar-refractivity contribution is 6.10. The molecule has 0 radical (unpaired) electrons. The van der Waals surface area contributed by atoms with Crippen molar-refractivity contribution in [1.29, 1.82) is 5.41 Å². The third-order valence-corrected chi connectivity index (χ3v) is 14.6. The van der Waals surface area contributed by atoms with E-state index in [9.17, 15) is 38.2 Å². The Bertz CT molecular complexity index is 2500. The third kappa shape index (κ3) is 10.1. The number of piperazine rings is 1. The number of allylic oxidation sites excluding steroid dienone is 1. The Morgan fingerprint density at radius 3 is 2.39 bits per heavy atom. The van der Waals surface area contributed by atoms with Gasteiger partial charge in [0.2, 0.25) is 23.6 Å². The van der Waals surface area contributed by atoms with E-state index in [1.54, 1.807) is 36.6 Å². The maximum Gasteiger partial charge on any atom is 0.329 e. The average molecular weight is 927 g/mol. The summed E-state index contributed by atoms with van der Waals surface area (Å²) in [5.74, 6) is -0.756. The van der Waals surface area contributed by atoms with Crippen LogP contribution >= 0.6 is 0 Å². The molecule has 0 saturated carbocycles. The van der Waals surface area contributed by atoms with Crippen molar-refractivity contribution in [2.75, 3.05) is 77.4 Å². The number of benzene rings is 2. The summed E-state index contributed by atoms with van der Waals surface area (Å²) in [6.07, 6.45) is 4.48. The van der Waals surface area contributed by atoms with E-state index in [-0.39, 0.29) is 59.8 Å². The number of hydrogen-bond donors (Lipinski definition) is 4. The number of amides is 4. The van der Waals surface area contributed by atoms with Crippen LogP contribution in [0, 0.1) is 11.3 Å². The van der Waals surface area contributed by atoms with Crippen LogP contribution in [0.2, 0.25) is 0 Å². The number of likely N-dealkylation sites (tertiary alicyclic amines) is 2. The van der Waals surface area contributed by atoms with Gasteiger partial charge in [-0.25, -0.2) is 13.6 Å². The van der Waals surface area contributed by atoms with Crippen LogP contribution in [-0.2, 0) is 39.2 Å². The van der Waals surface area contributed by atoms with Crippen LogP contribution in [0.25, 0.3) is 16.6 Å². The van der Waals surface area contributed by atoms with Crippen LogP contribution in [0.3, 0.4) is 0 Å². The Labute approximate surface area is 389 Å². The molecule has 4 amide bonds. The fourth-order valence-corrected chi connectivity index (χ4v) is 10.9. The van der Waals surface area contributed by atoms with E-state index < -0.39 is 18.4 Å². The van der Waals surface area contributed by atoms with Crippen LogP contribution in [-0.4, -0.2) is 149 Å². The van der Waals surface area contributed by atoms with Crippen molar-refractivity contribution >= 4 is 58.0 Å². The first kappa shape index (κ1) is 47.7. The third-order valence-electron chi connectivity index (χ3n) is 14.6. The Kier molecular flexibility index (Phi) is 14.7. The number of para-hydroxylation sites is 1. The minimum atomic E-state index is -2.76. The van der Waals surface area contributed by atoms with Gasteiger partial charge in [0.25, 0.3) is 6.43 Å². The number of nitrogens with two attached hydrogens (primary N) is 1. The first-order valence-electron chi connectivity index (χ1n) is 23.7. The van der Waals surface area contributed by atoms with Gasteiger partial charge in [0.15, 0.2) is 0 Å². The maximum atomic E-state index is 14.6. The van der Waals surface area contributed by atoms with Crippen molar-refractivity contribution in [2.45, 2.75) is 89.4 Å². The second kappa shape index (κ2) is 20.6. The van der Waals surface area contributed by atoms with Gasteiger partial charge in [-0.05, 0) is 73.4 Å². The number of imidazole rings is 1. The summed E-state index contributed by atoms with van der Waals surface area (Å²) in [7, 11) is 3.29. The van der Waals surface area contributed by atoms with Gasteiger partial charge in [0, 0.05) is 153 Å². The van der Waals surface area contributed by atoms with Gasteiger partial charge >= 0.3 is 5.69 Å². The number of nitrogens with one attached hydrogen (secondary N) is 3. The molecule has 5 N–H and O–H groups in total. The van der Waals surface area contributed by atoms with E-state index in [2.05, 4.69) is 25.4 Å². The van der Waals surface area contributed by atoms with E-state index in [1.807, 2.05) is 28.0 Å². The number of nitrogens with zero attached hydrogens (tertiary/aromatic N) is 8. The fraction of sp³-hybridized carbons (Fsp3) is 0.562. The zero-order valence-electron chi connectivity index (χ0n) is 38.8. The smallest absolute Gasteiger partial charge is 0.329 e. The number of piperidine rings is 3. The molecule has 3 atom stereocenters. The lowest BCUT2D eigenvalue weighted by molar-refractivity contribution is -0.136. The molecule has 3 unspecified atom stereocenters. The van der Waals surface area contributed by atoms with Crippen molar-refractivity contribution in [2.24, 2.45) is 23.7 Å². The van der Waals surface area contributed by atoms with Crippen LogP contribution < -0.4 is 27.0 Å². The topological polar surface area (TPSA) is 198 Å². The van der Waals surface area contributed by atoms with Crippen LogP contribution in [0.4, 0.5) is 14.5 Å². The lowest BCUT2D eigenvalue weighted by Gasteiger charge is -2.45. The Morgan fingerprint density at radius 2 is 1.70 bits per heavy atom. The number of imide groups is 1. The molecule has 2 aromatic carbocycles. The van der Waals surface area contributed by atoms with Crippen LogP contribution in [0.5, 0.6) is 0 Å². The number of aliphatic imine (C=N–C) groups is 1. The molecule has 67 heavy (non-hydrogen) atoms. The molecule has 6 heterocycles. The number of aromatic nitrogens is 2. The van der Waals surface area contributed by atoms with Gasteiger partial charge in [-0.15, -0.1) is 0 Å². The quantitative estimate of drug-likeness (QED) is 0.119. The van der Waals surface area contributed by atoms with Gasteiger partial charge in [0.1, 0.15) is 11.9 Å². The van der Waals surface area contributed by atoms with Gasteiger partial charge in [-0.2, -0.15) is 0 Å². The monoisotopic (exact) mass is 927 g/mol. The van der Waals surface area contributed by atoms with E-state index in [1.165, 1.54) is 23.0 Å². The Hall–Kier alpha value is -5.79. The van der Waals surface area contributed by atoms with Gasteiger partial charge < -0.3 is 30.7 Å². The van der Waals surface area contributed by atoms with Crippen molar-refractivity contribution in [3.63, 3.8) is 0 Å². The highest BCUT2D eigenvalue weighted by atomic mass is 19.3. The number of anilines is 1. The number of rotatable bonds is 12. The summed E-state index contributed by atoms with van der Waals surface area (Å²) in [6, 6.07) is 8.31. The normalized spacial score (nSPS) is 22.8. The van der Waals surface area contributed by atoms with Crippen molar-refractivity contribution < 1.29 is 28.0 Å². The van der Waals surface area contributed by atoms with E-state index in [4.69, 9.17) is 5.73 Å². The van der Waals surface area contributed by atoms with Crippen molar-refractivity contribution in [1.82, 2.24) is 39.4 Å². The number of hydrogen-bond acceptors (Lipinski definition) is 11. The number of carbonyl (C=O) groups is 4. The van der Waals surface area contributed by atoms with E-state index in [0.717, 1.165) is 62.1 Å². The molecule has 360 valence electrons. The number of amidine groups is 1. The van der Waals surface area contributed by atoms with Gasteiger partial charge in [-0.3, -0.25) is 48.9 Å². The molecule has 0 spiro atoms. The SMILES string of the molecule is CN=CC(=CN)c1cc2c(cc1C(F)F)N(C(=N)C1CN(C(C)=O)CCC1NC1CCN(C(=O)CCN3CCN(Cc4cccc5c4n(C)c(=O)n5C4CCC(=O)NC4=O)CC3)CC1)CCC2. The predicted molar refractivity (Wildman–Crippen MR) is 253 cm³/mol. The molecular formula is C48H64F2N12O5. The molecular weight excluding hydrogens is 863 g/mol. The molecule has 8 rings (SSSR count). The number of alkyl halides is 2. The van der Waals surface area contributed by atoms with Crippen LogP contribution in [0.15, 0.2) is 46.3 Å². The second-order valence-electron chi connectivity index (χ2n) is 18.6. The summed E-state index contributed by atoms with van der Waals surface area (Å²) in [5, 5.41) is 15.8. The summed E-state index contributed by atoms with van der Waals surface area (Å²) in [6.45, 7) is 8.73. The highest BCUT2D eigenvalue weighted by Crippen LogP contribution is 2.38. The van der Waals surface area contributed by atoms with Crippen LogP contribution in [0.1, 0.15) is 86.6 Å². The first-order valence-corrected chi connectivity index (χ1v) is 23.7. The predicted octanol–water partition coefficient (Wildman–Crippen LogP) is 3.01. The second-order valence-corrected chi connectivity index (χ2v) is 18.6. The fourth-order valence-electron chi connectivity index (χ4n) is 10.9. The molecule has 0 aliphatic carbocycles. The lowest BCUT2D eigenvalue weighted by atomic mass is 9.86. The number of fused-ring (bicyclic) bond motifs is 2. The minimum absolute atomic E-state index is 0.0595. The molecule has 5 aliphatic heterocycles. The summed E-state index contributed by atoms with van der Waals surface area (Å²) in [5.41, 5.74) is 10.0. The number of carbonyl (C=O) groups excluding carboxylic acids is 4. The lowest BCUT2D eigenvalue weighted by Crippen LogP contribution is -2.59. The summed E-state index contributed by atoms with van der Waals surface area (Å²) in [4.78, 5) is 78.3. The average Bonchev–Trinajstić information content (AvgIpc) is 3.58. The van der Waals surface area contributed by atoms with Crippen molar-refractivity contribution in [3.05, 3.63) is 69.3 Å². The number of halogens is 2. The highest BCUT2D eigenvalue weighted by Gasteiger charge is 2.39. The Balaban J connectivity index is 0.836. The molecule has 5 aliphatic rings. The molecule has 3 aromatic rings. The molecule has 4 fully saturated rings. The molecule has 4 saturated heterocycles. The Morgan fingerprint density at radius 1 is 0.970 bits per heavy atom. The summed E-state index contributed by atoms with van der Waals surface area (Å²) < 4.78 is 32.3. The standard InChI is InChI=1S/C48H64F2N12O5/c1-30(63)60-19-13-38(37(29-60)46(52)61-15-5-7-31-24-35(33(26-51)27-53-2)36(45(49)50)25-41(31)61)54-34-11-17-59(18-12-34)43(65)14-16-57-20-22-58(23-21-57)28-32-6-4-8-39-44(32)56(3)48(67)62(39)40-9-10-42(64)55-47(40)66/h4,6,8,24-27,34,37-38,40,45,52,54H,5,7,9-23,28-29,51H2,1-3H3,(H,55,64,66). The van der Waals surface area contributed by atoms with Gasteiger partial charge in [-0.1, -0.05) is 12.1 Å². The zero-order valence-corrected chi connectivity index (χ0v) is 38.8. The summed E-state index contributed by atoms with van der Waals surface area (Å²) >= 11 is 0. The largest absolute Gasteiger partial charge is 0.404 e. The zero-order chi connectivity index (χ0) is 47.5. The number of aryl methyl sites for hydroxylation is 2. The minimum Gasteiger partial charge on any atom is -0.404 e. The first-order chi connectivity index (χ1) is 32.3.